The van der Waals surface area contributed by atoms with Crippen molar-refractivity contribution in [2.24, 2.45) is 0 Å². The molecule has 0 aliphatic rings. The number of carbonyl (C=O) groups is 1. The lowest BCUT2D eigenvalue weighted by Gasteiger charge is -2.25. The van der Waals surface area contributed by atoms with Crippen molar-refractivity contribution in [1.29, 1.82) is 0 Å². The Balaban J connectivity index is 1.99. The second-order valence-corrected chi connectivity index (χ2v) is 8.42. The van der Waals surface area contributed by atoms with E-state index >= 15 is 0 Å². The van der Waals surface area contributed by atoms with E-state index in [1.807, 2.05) is 0 Å². The maximum atomic E-state index is 12.6. The van der Waals surface area contributed by atoms with Gasteiger partial charge in [0.2, 0.25) is 5.91 Å². The first kappa shape index (κ1) is 19.8. The van der Waals surface area contributed by atoms with E-state index in [9.17, 15) is 13.2 Å². The molecule has 0 bridgehead atoms. The highest BCUT2D eigenvalue weighted by molar-refractivity contribution is 9.10. The van der Waals surface area contributed by atoms with Gasteiger partial charge in [0.25, 0.3) is 10.0 Å². The molecular weight excluding hydrogens is 444 g/mol. The number of anilines is 3. The Kier molecular flexibility index (Phi) is 5.96. The molecule has 28 heavy (non-hydrogen) atoms. The van der Waals surface area contributed by atoms with E-state index < -0.39 is 10.0 Å². The Bertz CT molecular complexity index is 1080. The minimum Gasteiger partial charge on any atom is -0.280 e. The lowest BCUT2D eigenvalue weighted by Crippen LogP contribution is -2.37. The topological polar surface area (TPSA) is 91.4 Å². The van der Waals surface area contributed by atoms with Crippen LogP contribution in [-0.4, -0.2) is 19.3 Å². The summed E-state index contributed by atoms with van der Waals surface area (Å²) >= 11 is 3.40. The minimum absolute atomic E-state index is 0.157. The fraction of sp³-hybridized carbons (Fsp3) is 0.0526. The van der Waals surface area contributed by atoms with Gasteiger partial charge >= 0.3 is 0 Å². The number of rotatable bonds is 6. The molecule has 9 heteroatoms. The minimum atomic E-state index is -3.75. The summed E-state index contributed by atoms with van der Waals surface area (Å²) in [5.74, 6) is -0.275. The van der Waals surface area contributed by atoms with E-state index in [0.717, 1.165) is 0 Å². The van der Waals surface area contributed by atoms with Crippen LogP contribution in [0, 0.1) is 0 Å². The number of sulfonamides is 1. The number of hydrogen-bond acceptors (Lipinski definition) is 5. The van der Waals surface area contributed by atoms with Gasteiger partial charge in [-0.2, -0.15) is 0 Å². The van der Waals surface area contributed by atoms with Crippen LogP contribution in [0.5, 0.6) is 0 Å². The van der Waals surface area contributed by atoms with Gasteiger partial charge in [0.1, 0.15) is 0 Å². The summed E-state index contributed by atoms with van der Waals surface area (Å²) < 4.78 is 28.5. The number of nitrogens with zero attached hydrogens (tertiary/aromatic N) is 2. The third-order valence-corrected chi connectivity index (χ3v) is 5.49. The summed E-state index contributed by atoms with van der Waals surface area (Å²) in [6, 6.07) is 16.6. The van der Waals surface area contributed by atoms with Crippen LogP contribution in [0.25, 0.3) is 0 Å². The van der Waals surface area contributed by atoms with Crippen LogP contribution in [0.15, 0.2) is 82.4 Å². The molecule has 1 heterocycles. The Morgan fingerprint density at radius 3 is 2.32 bits per heavy atom. The van der Waals surface area contributed by atoms with Gasteiger partial charge in [-0.05, 0) is 42.5 Å². The maximum absolute atomic E-state index is 12.6. The van der Waals surface area contributed by atoms with Crippen molar-refractivity contribution in [3.8, 4) is 0 Å². The van der Waals surface area contributed by atoms with Gasteiger partial charge < -0.3 is 0 Å². The van der Waals surface area contributed by atoms with Crippen LogP contribution >= 0.6 is 15.9 Å². The van der Waals surface area contributed by atoms with E-state index in [0.29, 0.717) is 21.5 Å². The standard InChI is InChI=1S/C19H17BrN4O3S/c1-14(25)22-24(17-7-9-21-10-8-17)18-12-15(20)11-16(13-18)23-28(26,27)19-5-3-2-4-6-19/h2-13,23H,1H3,(H,22,25). The average Bonchev–Trinajstić information content (AvgIpc) is 2.66. The second kappa shape index (κ2) is 8.41. The molecule has 0 saturated heterocycles. The van der Waals surface area contributed by atoms with E-state index in [1.165, 1.54) is 19.1 Å². The van der Waals surface area contributed by atoms with Gasteiger partial charge in [-0.25, -0.2) is 8.42 Å². The summed E-state index contributed by atoms with van der Waals surface area (Å²) in [5.41, 5.74) is 4.30. The molecule has 0 spiro atoms. The quantitative estimate of drug-likeness (QED) is 0.545. The SMILES string of the molecule is CC(=O)NN(c1ccncc1)c1cc(Br)cc(NS(=O)(=O)c2ccccc2)c1. The first-order valence-corrected chi connectivity index (χ1v) is 10.5. The van der Waals surface area contributed by atoms with Crippen molar-refractivity contribution in [3.63, 3.8) is 0 Å². The molecular formula is C19H17BrN4O3S. The fourth-order valence-electron chi connectivity index (χ4n) is 2.50. The lowest BCUT2D eigenvalue weighted by molar-refractivity contribution is -0.118. The second-order valence-electron chi connectivity index (χ2n) is 5.83. The number of carbonyl (C=O) groups excluding carboxylic acids is 1. The normalized spacial score (nSPS) is 10.9. The Morgan fingerprint density at radius 1 is 1.00 bits per heavy atom. The number of halogens is 1. The van der Waals surface area contributed by atoms with Crippen molar-refractivity contribution in [2.45, 2.75) is 11.8 Å². The smallest absolute Gasteiger partial charge is 0.261 e. The van der Waals surface area contributed by atoms with Gasteiger partial charge in [-0.1, -0.05) is 34.1 Å². The van der Waals surface area contributed by atoms with E-state index in [4.69, 9.17) is 0 Å². The van der Waals surface area contributed by atoms with Gasteiger partial charge in [0.15, 0.2) is 0 Å². The summed E-state index contributed by atoms with van der Waals surface area (Å²) in [4.78, 5) is 15.8. The summed E-state index contributed by atoms with van der Waals surface area (Å²) in [6.07, 6.45) is 3.20. The summed E-state index contributed by atoms with van der Waals surface area (Å²) in [7, 11) is -3.75. The molecule has 3 aromatic rings. The number of nitrogens with one attached hydrogen (secondary N) is 2. The molecule has 3 rings (SSSR count). The molecule has 1 amide bonds. The predicted molar refractivity (Wildman–Crippen MR) is 112 cm³/mol. The van der Waals surface area contributed by atoms with Crippen molar-refractivity contribution >= 4 is 48.9 Å². The molecule has 0 unspecified atom stereocenters. The van der Waals surface area contributed by atoms with Crippen LogP contribution in [0.4, 0.5) is 17.1 Å². The fourth-order valence-corrected chi connectivity index (χ4v) is 4.05. The van der Waals surface area contributed by atoms with E-state index in [1.54, 1.807) is 65.9 Å². The number of pyridine rings is 1. The zero-order valence-corrected chi connectivity index (χ0v) is 17.2. The van der Waals surface area contributed by atoms with Crippen molar-refractivity contribution in [1.82, 2.24) is 10.4 Å². The van der Waals surface area contributed by atoms with Gasteiger partial charge in [0, 0.05) is 23.8 Å². The van der Waals surface area contributed by atoms with Crippen LogP contribution in [0.1, 0.15) is 6.92 Å². The van der Waals surface area contributed by atoms with Gasteiger partial charge in [0.05, 0.1) is 22.0 Å². The summed E-state index contributed by atoms with van der Waals surface area (Å²) in [5, 5.41) is 1.55. The van der Waals surface area contributed by atoms with E-state index in [2.05, 4.69) is 31.1 Å². The van der Waals surface area contributed by atoms with Crippen molar-refractivity contribution in [2.75, 3.05) is 9.73 Å². The zero-order chi connectivity index (χ0) is 20.1. The van der Waals surface area contributed by atoms with Crippen LogP contribution < -0.4 is 15.2 Å². The molecule has 2 N–H and O–H groups in total. The number of benzene rings is 2. The first-order chi connectivity index (χ1) is 13.3. The lowest BCUT2D eigenvalue weighted by atomic mass is 10.2. The highest BCUT2D eigenvalue weighted by Crippen LogP contribution is 2.30. The number of amides is 1. The Morgan fingerprint density at radius 2 is 1.68 bits per heavy atom. The van der Waals surface area contributed by atoms with Crippen LogP contribution in [-0.2, 0) is 14.8 Å². The monoisotopic (exact) mass is 460 g/mol. The van der Waals surface area contributed by atoms with Crippen molar-refractivity contribution < 1.29 is 13.2 Å². The third kappa shape index (κ3) is 4.87. The molecule has 0 atom stereocenters. The maximum Gasteiger partial charge on any atom is 0.261 e. The van der Waals surface area contributed by atoms with Crippen LogP contribution in [0.2, 0.25) is 0 Å². The number of aromatic nitrogens is 1. The van der Waals surface area contributed by atoms with E-state index in [-0.39, 0.29) is 10.8 Å². The molecule has 144 valence electrons. The Labute approximate surface area is 171 Å². The highest BCUT2D eigenvalue weighted by atomic mass is 79.9. The Hall–Kier alpha value is -2.91. The molecule has 2 aromatic carbocycles. The predicted octanol–water partition coefficient (Wildman–Crippen LogP) is 3.83. The molecule has 0 fully saturated rings. The number of hydrazine groups is 1. The summed E-state index contributed by atoms with van der Waals surface area (Å²) in [6.45, 7) is 1.39. The molecule has 0 aliphatic heterocycles. The average molecular weight is 461 g/mol. The van der Waals surface area contributed by atoms with Gasteiger partial charge in [-0.15, -0.1) is 0 Å². The molecule has 0 aliphatic carbocycles. The molecule has 1 aromatic heterocycles. The number of hydrogen-bond donors (Lipinski definition) is 2. The molecule has 0 saturated carbocycles. The van der Waals surface area contributed by atoms with Crippen LogP contribution in [0.3, 0.4) is 0 Å². The highest BCUT2D eigenvalue weighted by Gasteiger charge is 2.17. The largest absolute Gasteiger partial charge is 0.280 e. The first-order valence-electron chi connectivity index (χ1n) is 8.21. The van der Waals surface area contributed by atoms with Crippen molar-refractivity contribution in [3.05, 3.63) is 77.5 Å². The molecule has 0 radical (unpaired) electrons. The molecule has 7 nitrogen and oxygen atoms in total. The third-order valence-electron chi connectivity index (χ3n) is 3.64. The van der Waals surface area contributed by atoms with Gasteiger partial charge in [-0.3, -0.25) is 24.9 Å². The zero-order valence-electron chi connectivity index (χ0n) is 14.8.